The van der Waals surface area contributed by atoms with Crippen molar-refractivity contribution in [3.05, 3.63) is 39.6 Å². The van der Waals surface area contributed by atoms with E-state index in [4.69, 9.17) is 11.6 Å². The zero-order valence-electron chi connectivity index (χ0n) is 7.53. The molecule has 0 saturated heterocycles. The number of nitrogens with zero attached hydrogens (tertiary/aromatic N) is 1. The van der Waals surface area contributed by atoms with Gasteiger partial charge in [0.15, 0.2) is 5.50 Å². The molecule has 72 valence electrons. The third-order valence-corrected chi connectivity index (χ3v) is 3.94. The molecule has 1 unspecified atom stereocenters. The van der Waals surface area contributed by atoms with Crippen LogP contribution in [0.1, 0.15) is 15.9 Å². The van der Waals surface area contributed by atoms with Crippen molar-refractivity contribution in [3.8, 4) is 0 Å². The van der Waals surface area contributed by atoms with E-state index in [1.54, 1.807) is 0 Å². The lowest BCUT2D eigenvalue weighted by molar-refractivity contribution is 1.02. The largest absolute Gasteiger partial charge is 0.199 e. The molecule has 4 heteroatoms. The Bertz CT molecular complexity index is 480. The van der Waals surface area contributed by atoms with Crippen LogP contribution < -0.4 is 0 Å². The Morgan fingerprint density at radius 1 is 1.43 bits per heavy atom. The van der Waals surface area contributed by atoms with Gasteiger partial charge in [0.25, 0.3) is 0 Å². The van der Waals surface area contributed by atoms with Gasteiger partial charge in [-0.1, -0.05) is 29.8 Å². The number of alkyl halides is 1. The molecule has 0 aliphatic carbocycles. The summed E-state index contributed by atoms with van der Waals surface area (Å²) in [5.41, 5.74) is 0.303. The van der Waals surface area contributed by atoms with Gasteiger partial charge in [0.2, 0.25) is 0 Å². The van der Waals surface area contributed by atoms with Crippen LogP contribution in [0.3, 0.4) is 0 Å². The van der Waals surface area contributed by atoms with Crippen molar-refractivity contribution >= 4 is 33.0 Å². The molecule has 1 atom stereocenters. The van der Waals surface area contributed by atoms with Gasteiger partial charge in [-0.2, -0.15) is 0 Å². The molecule has 0 aliphatic heterocycles. The highest BCUT2D eigenvalue weighted by Crippen LogP contribution is 2.37. The highest BCUT2D eigenvalue weighted by atomic mass is 35.5. The Morgan fingerprint density at radius 2 is 2.14 bits per heavy atom. The lowest BCUT2D eigenvalue weighted by Gasteiger charge is -1.97. The van der Waals surface area contributed by atoms with E-state index in [-0.39, 0.29) is 0 Å². The number of thiophene rings is 1. The number of hydrogen-bond acceptors (Lipinski definition) is 3. The summed E-state index contributed by atoms with van der Waals surface area (Å²) < 4.78 is 1.15. The van der Waals surface area contributed by atoms with Crippen molar-refractivity contribution in [2.45, 2.75) is 12.4 Å². The maximum absolute atomic E-state index is 10.4. The molecule has 1 aromatic heterocycles. The second kappa shape index (κ2) is 3.67. The highest BCUT2D eigenvalue weighted by Gasteiger charge is 2.15. The van der Waals surface area contributed by atoms with E-state index < -0.39 is 5.50 Å². The Balaban J connectivity index is 2.68. The van der Waals surface area contributed by atoms with Crippen LogP contribution in [0.15, 0.2) is 29.4 Å². The van der Waals surface area contributed by atoms with Crippen molar-refractivity contribution < 1.29 is 0 Å². The van der Waals surface area contributed by atoms with E-state index in [0.29, 0.717) is 0 Å². The van der Waals surface area contributed by atoms with Gasteiger partial charge in [-0.25, -0.2) is 0 Å². The molecule has 0 saturated carbocycles. The Hall–Kier alpha value is -0.930. The first-order chi connectivity index (χ1) is 6.74. The lowest BCUT2D eigenvalue weighted by atomic mass is 10.1. The van der Waals surface area contributed by atoms with Crippen LogP contribution in [0.4, 0.5) is 0 Å². The highest BCUT2D eigenvalue weighted by molar-refractivity contribution is 7.19. The molecule has 2 nitrogen and oxygen atoms in total. The summed E-state index contributed by atoms with van der Waals surface area (Å²) in [6, 6.07) is 7.99. The average Bonchev–Trinajstić information content (AvgIpc) is 2.56. The van der Waals surface area contributed by atoms with Crippen LogP contribution in [0.2, 0.25) is 0 Å². The van der Waals surface area contributed by atoms with E-state index in [1.165, 1.54) is 11.3 Å². The van der Waals surface area contributed by atoms with Gasteiger partial charge in [0, 0.05) is 4.70 Å². The number of halogens is 1. The zero-order chi connectivity index (χ0) is 10.1. The fourth-order valence-electron chi connectivity index (χ4n) is 1.47. The maximum Gasteiger partial charge on any atom is 0.199 e. The number of benzene rings is 1. The first-order valence-corrected chi connectivity index (χ1v) is 5.44. The third kappa shape index (κ3) is 1.42. The molecule has 0 radical (unpaired) electrons. The lowest BCUT2D eigenvalue weighted by Crippen LogP contribution is -1.82. The van der Waals surface area contributed by atoms with E-state index in [0.717, 1.165) is 20.5 Å². The first-order valence-electron chi connectivity index (χ1n) is 4.18. The van der Waals surface area contributed by atoms with Gasteiger partial charge < -0.3 is 0 Å². The van der Waals surface area contributed by atoms with Crippen LogP contribution in [-0.4, -0.2) is 0 Å². The average molecular weight is 226 g/mol. The van der Waals surface area contributed by atoms with E-state index >= 15 is 0 Å². The van der Waals surface area contributed by atoms with Crippen LogP contribution >= 0.6 is 22.9 Å². The summed E-state index contributed by atoms with van der Waals surface area (Å²) in [5.74, 6) is 0. The predicted octanol–water partition coefficient (Wildman–Crippen LogP) is 4.21. The Morgan fingerprint density at radius 3 is 2.79 bits per heavy atom. The van der Waals surface area contributed by atoms with E-state index in [9.17, 15) is 4.91 Å². The van der Waals surface area contributed by atoms with E-state index in [1.807, 2.05) is 31.2 Å². The quantitative estimate of drug-likeness (QED) is 0.428. The fourth-order valence-corrected chi connectivity index (χ4v) is 2.88. The molecular formula is C10H8ClNOS. The molecule has 0 N–H and O–H groups in total. The number of hydrogen-bond donors (Lipinski definition) is 0. The van der Waals surface area contributed by atoms with Crippen molar-refractivity contribution in [2.24, 2.45) is 5.18 Å². The summed E-state index contributed by atoms with van der Waals surface area (Å²) in [5, 5.41) is 4.00. The van der Waals surface area contributed by atoms with Crippen LogP contribution in [-0.2, 0) is 0 Å². The minimum Gasteiger partial charge on any atom is -0.149 e. The summed E-state index contributed by atoms with van der Waals surface area (Å²) in [7, 11) is 0. The van der Waals surface area contributed by atoms with Gasteiger partial charge in [-0.05, 0) is 29.1 Å². The van der Waals surface area contributed by atoms with Gasteiger partial charge >= 0.3 is 0 Å². The van der Waals surface area contributed by atoms with Crippen LogP contribution in [0.25, 0.3) is 10.1 Å². The SMILES string of the molecule is Cc1c(C(Cl)N=O)sc2ccccc12. The minimum atomic E-state index is -0.757. The minimum absolute atomic E-state index is 0.757. The zero-order valence-corrected chi connectivity index (χ0v) is 9.10. The number of rotatable bonds is 2. The molecule has 0 bridgehead atoms. The van der Waals surface area contributed by atoms with Crippen molar-refractivity contribution in [1.82, 2.24) is 0 Å². The number of aryl methyl sites for hydroxylation is 1. The Kier molecular flexibility index (Phi) is 2.52. The fraction of sp³-hybridized carbons (Fsp3) is 0.200. The summed E-state index contributed by atoms with van der Waals surface area (Å²) in [6.45, 7) is 1.97. The smallest absolute Gasteiger partial charge is 0.149 e. The predicted molar refractivity (Wildman–Crippen MR) is 61.0 cm³/mol. The second-order valence-corrected chi connectivity index (χ2v) is 4.53. The van der Waals surface area contributed by atoms with Gasteiger partial charge in [-0.15, -0.1) is 16.2 Å². The number of nitroso groups, excluding NO2 is 1. The molecule has 1 heterocycles. The molecule has 0 spiro atoms. The molecule has 14 heavy (non-hydrogen) atoms. The van der Waals surface area contributed by atoms with Crippen molar-refractivity contribution in [1.29, 1.82) is 0 Å². The molecule has 2 rings (SSSR count). The van der Waals surface area contributed by atoms with Crippen LogP contribution in [0.5, 0.6) is 0 Å². The molecule has 0 fully saturated rings. The summed E-state index contributed by atoms with van der Waals surface area (Å²) >= 11 is 7.33. The number of fused-ring (bicyclic) bond motifs is 1. The molecule has 0 amide bonds. The molecule has 0 aliphatic rings. The van der Waals surface area contributed by atoms with Gasteiger partial charge in [-0.3, -0.25) is 0 Å². The van der Waals surface area contributed by atoms with E-state index in [2.05, 4.69) is 5.18 Å². The summed E-state index contributed by atoms with van der Waals surface area (Å²) in [4.78, 5) is 11.2. The molecule has 1 aromatic carbocycles. The first kappa shape index (κ1) is 9.62. The Labute approximate surface area is 90.5 Å². The summed E-state index contributed by atoms with van der Waals surface area (Å²) in [6.07, 6.45) is 0. The topological polar surface area (TPSA) is 29.4 Å². The second-order valence-electron chi connectivity index (χ2n) is 3.03. The van der Waals surface area contributed by atoms with Crippen LogP contribution in [0, 0.1) is 11.8 Å². The third-order valence-electron chi connectivity index (χ3n) is 2.19. The standard InChI is InChI=1S/C10H8ClNOS/c1-6-7-4-2-3-5-8(7)14-9(6)10(11)12-13/h2-5,10H,1H3. The monoisotopic (exact) mass is 225 g/mol. The van der Waals surface area contributed by atoms with Gasteiger partial charge in [0.05, 0.1) is 4.88 Å². The van der Waals surface area contributed by atoms with Gasteiger partial charge in [0.1, 0.15) is 0 Å². The van der Waals surface area contributed by atoms with Crippen molar-refractivity contribution in [3.63, 3.8) is 0 Å². The molecule has 2 aromatic rings. The normalized spacial score (nSPS) is 13.0. The molecular weight excluding hydrogens is 218 g/mol. The van der Waals surface area contributed by atoms with Crippen molar-refractivity contribution in [2.75, 3.05) is 0 Å². The maximum atomic E-state index is 10.4.